The number of nitrogens with one attached hydrogen (secondary N) is 2. The standard InChI is InChI=1S/C32H36F3N5O3/c1-18-14-26(32(33,34)35)25(31(42)38-18)17-37-30(41)24-16-27-23(22-6-10-36-28(15-22)39(4)5)7-11-40(27)29(20(24)3)19(2)21-8-12-43-13-9-21/h6-7,10-11,14-16,31,38,42H,8-9,12-13,17H2,1-5H3,(H,37,41). The van der Waals surface area contributed by atoms with Gasteiger partial charge in [0.05, 0.1) is 30.0 Å². The van der Waals surface area contributed by atoms with Crippen LogP contribution in [-0.2, 0) is 4.74 Å². The summed E-state index contributed by atoms with van der Waals surface area (Å²) in [6.45, 7) is 6.10. The minimum absolute atomic E-state index is 0.187. The van der Waals surface area contributed by atoms with Crippen LogP contribution >= 0.6 is 0 Å². The van der Waals surface area contributed by atoms with E-state index in [9.17, 15) is 23.1 Å². The van der Waals surface area contributed by atoms with E-state index in [2.05, 4.69) is 20.0 Å². The van der Waals surface area contributed by atoms with Crippen LogP contribution in [0.1, 0.15) is 48.3 Å². The molecule has 43 heavy (non-hydrogen) atoms. The molecule has 1 saturated heterocycles. The molecule has 1 atom stereocenters. The number of carbonyl (C=O) groups is 1. The van der Waals surface area contributed by atoms with E-state index >= 15 is 0 Å². The van der Waals surface area contributed by atoms with Gasteiger partial charge in [0.15, 0.2) is 0 Å². The molecule has 5 rings (SSSR count). The number of hydrogen-bond donors (Lipinski definition) is 3. The van der Waals surface area contributed by atoms with E-state index in [1.165, 1.54) is 12.5 Å². The number of fused-ring (bicyclic) bond motifs is 1. The number of halogens is 3. The molecule has 2 aliphatic rings. The number of ether oxygens (including phenoxy) is 1. The van der Waals surface area contributed by atoms with Gasteiger partial charge in [-0.15, -0.1) is 0 Å². The molecule has 3 aromatic rings. The number of dihydropyridines is 1. The second-order valence-electron chi connectivity index (χ2n) is 11.1. The Balaban J connectivity index is 1.63. The van der Waals surface area contributed by atoms with Crippen LogP contribution in [0.4, 0.5) is 19.0 Å². The van der Waals surface area contributed by atoms with E-state index in [1.807, 2.05) is 57.2 Å². The van der Waals surface area contributed by atoms with Crippen LogP contribution in [0.2, 0.25) is 0 Å². The largest absolute Gasteiger partial charge is 0.416 e. The summed E-state index contributed by atoms with van der Waals surface area (Å²) in [5.41, 5.74) is 5.65. The molecule has 0 bridgehead atoms. The van der Waals surface area contributed by atoms with Crippen molar-refractivity contribution in [1.82, 2.24) is 20.0 Å². The van der Waals surface area contributed by atoms with Crippen LogP contribution in [-0.4, -0.2) is 66.7 Å². The third kappa shape index (κ3) is 6.05. The second-order valence-corrected chi connectivity index (χ2v) is 11.1. The highest BCUT2D eigenvalue weighted by Gasteiger charge is 2.38. The van der Waals surface area contributed by atoms with Crippen molar-refractivity contribution < 1.29 is 27.8 Å². The molecule has 8 nitrogen and oxygen atoms in total. The maximum Gasteiger partial charge on any atom is 0.416 e. The average Bonchev–Trinajstić information content (AvgIpc) is 3.39. The maximum atomic E-state index is 13.8. The van der Waals surface area contributed by atoms with Crippen LogP contribution in [0.5, 0.6) is 0 Å². The molecule has 3 N–H and O–H groups in total. The van der Waals surface area contributed by atoms with E-state index < -0.39 is 30.4 Å². The molecule has 0 radical (unpaired) electrons. The van der Waals surface area contributed by atoms with Gasteiger partial charge in [-0.3, -0.25) is 4.79 Å². The van der Waals surface area contributed by atoms with Crippen molar-refractivity contribution in [1.29, 1.82) is 0 Å². The zero-order valence-electron chi connectivity index (χ0n) is 24.9. The Morgan fingerprint density at radius 1 is 1.21 bits per heavy atom. The van der Waals surface area contributed by atoms with E-state index in [0.29, 0.717) is 24.3 Å². The number of rotatable bonds is 6. The molecule has 0 aliphatic carbocycles. The fourth-order valence-corrected chi connectivity index (χ4v) is 5.80. The third-order valence-corrected chi connectivity index (χ3v) is 8.09. The molecule has 1 unspecified atom stereocenters. The quantitative estimate of drug-likeness (QED) is 0.355. The number of aliphatic hydroxyl groups is 1. The first-order valence-corrected chi connectivity index (χ1v) is 14.1. The van der Waals surface area contributed by atoms with Crippen molar-refractivity contribution in [3.8, 4) is 11.1 Å². The SMILES string of the molecule is CC1=CC(C(F)(F)F)=C(CNC(=O)c2cc3c(-c4ccnc(N(C)C)c4)ccn3c(C(C)=C3CCOCC3)c2C)C(O)N1. The number of aromatic nitrogens is 2. The lowest BCUT2D eigenvalue weighted by atomic mass is 9.94. The smallest absolute Gasteiger partial charge is 0.381 e. The van der Waals surface area contributed by atoms with Gasteiger partial charge in [0.2, 0.25) is 0 Å². The summed E-state index contributed by atoms with van der Waals surface area (Å²) in [4.78, 5) is 20.1. The number of anilines is 1. The van der Waals surface area contributed by atoms with Gasteiger partial charge in [-0.1, -0.05) is 5.57 Å². The molecule has 0 saturated carbocycles. The summed E-state index contributed by atoms with van der Waals surface area (Å²) >= 11 is 0. The average molecular weight is 596 g/mol. The molecule has 0 aromatic carbocycles. The Kier molecular flexibility index (Phi) is 8.40. The van der Waals surface area contributed by atoms with E-state index in [0.717, 1.165) is 52.6 Å². The summed E-state index contributed by atoms with van der Waals surface area (Å²) in [5, 5.41) is 15.7. The second kappa shape index (κ2) is 11.9. The van der Waals surface area contributed by atoms with Gasteiger partial charge < -0.3 is 29.8 Å². The van der Waals surface area contributed by atoms with Gasteiger partial charge in [0, 0.05) is 55.4 Å². The number of allylic oxidation sites excluding steroid dienone is 4. The number of amides is 1. The molecule has 5 heterocycles. The molecule has 228 valence electrons. The minimum atomic E-state index is -4.68. The molecule has 1 fully saturated rings. The van der Waals surface area contributed by atoms with Gasteiger partial charge in [-0.05, 0) is 80.7 Å². The first-order valence-electron chi connectivity index (χ1n) is 14.1. The first-order chi connectivity index (χ1) is 20.4. The highest BCUT2D eigenvalue weighted by atomic mass is 19.4. The Labute approximate surface area is 248 Å². The van der Waals surface area contributed by atoms with Crippen LogP contribution in [0.3, 0.4) is 0 Å². The Morgan fingerprint density at radius 3 is 2.60 bits per heavy atom. The molecule has 3 aromatic heterocycles. The molecular weight excluding hydrogens is 559 g/mol. The lowest BCUT2D eigenvalue weighted by Crippen LogP contribution is -2.40. The topological polar surface area (TPSA) is 91.1 Å². The first kappa shape index (κ1) is 30.4. The monoisotopic (exact) mass is 595 g/mol. The third-order valence-electron chi connectivity index (χ3n) is 8.09. The van der Waals surface area contributed by atoms with Gasteiger partial charge in [-0.25, -0.2) is 4.98 Å². The van der Waals surface area contributed by atoms with Gasteiger partial charge in [-0.2, -0.15) is 13.2 Å². The summed E-state index contributed by atoms with van der Waals surface area (Å²) in [6, 6.07) is 7.65. The Hall–Kier alpha value is -4.09. The molecule has 0 spiro atoms. The highest BCUT2D eigenvalue weighted by molar-refractivity contribution is 6.00. The van der Waals surface area contributed by atoms with Crippen molar-refractivity contribution in [3.05, 3.63) is 82.0 Å². The number of hydrogen-bond acceptors (Lipinski definition) is 6. The minimum Gasteiger partial charge on any atom is -0.381 e. The summed E-state index contributed by atoms with van der Waals surface area (Å²) < 4.78 is 49.1. The predicted octanol–water partition coefficient (Wildman–Crippen LogP) is 5.37. The summed E-state index contributed by atoms with van der Waals surface area (Å²) in [6.07, 6.45) is -0.0473. The molecular formula is C32H36F3N5O3. The van der Waals surface area contributed by atoms with Gasteiger partial charge in [0.25, 0.3) is 5.91 Å². The van der Waals surface area contributed by atoms with Crippen molar-refractivity contribution in [2.75, 3.05) is 38.8 Å². The number of carbonyl (C=O) groups excluding carboxylic acids is 1. The lowest BCUT2D eigenvalue weighted by Gasteiger charge is -2.27. The van der Waals surface area contributed by atoms with Crippen molar-refractivity contribution in [2.24, 2.45) is 0 Å². The zero-order valence-corrected chi connectivity index (χ0v) is 24.9. The molecule has 1 amide bonds. The normalized spacial score (nSPS) is 17.6. The number of alkyl halides is 3. The Morgan fingerprint density at radius 2 is 1.93 bits per heavy atom. The van der Waals surface area contributed by atoms with Crippen molar-refractivity contribution in [3.63, 3.8) is 0 Å². The van der Waals surface area contributed by atoms with E-state index in [-0.39, 0.29) is 11.3 Å². The number of pyridine rings is 2. The van der Waals surface area contributed by atoms with Crippen LogP contribution in [0.25, 0.3) is 22.2 Å². The number of nitrogens with zero attached hydrogens (tertiary/aromatic N) is 3. The summed E-state index contributed by atoms with van der Waals surface area (Å²) in [5.74, 6) is 0.245. The van der Waals surface area contributed by atoms with Gasteiger partial charge >= 0.3 is 6.18 Å². The van der Waals surface area contributed by atoms with Crippen LogP contribution in [0.15, 0.2) is 65.2 Å². The highest BCUT2D eigenvalue weighted by Crippen LogP contribution is 2.36. The molecule has 11 heteroatoms. The van der Waals surface area contributed by atoms with Crippen LogP contribution in [0, 0.1) is 6.92 Å². The fourth-order valence-electron chi connectivity index (χ4n) is 5.80. The Bertz CT molecular complexity index is 1660. The van der Waals surface area contributed by atoms with Crippen LogP contribution < -0.4 is 15.5 Å². The number of aliphatic hydroxyl groups excluding tert-OH is 1. The van der Waals surface area contributed by atoms with E-state index in [4.69, 9.17) is 4.74 Å². The predicted molar refractivity (Wildman–Crippen MR) is 161 cm³/mol. The van der Waals surface area contributed by atoms with E-state index in [1.54, 1.807) is 12.3 Å². The molecule has 2 aliphatic heterocycles. The van der Waals surface area contributed by atoms with Crippen molar-refractivity contribution in [2.45, 2.75) is 46.0 Å². The van der Waals surface area contributed by atoms with Gasteiger partial charge in [0.1, 0.15) is 12.0 Å². The lowest BCUT2D eigenvalue weighted by molar-refractivity contribution is -0.0908. The maximum absolute atomic E-state index is 13.8. The zero-order chi connectivity index (χ0) is 31.1. The van der Waals surface area contributed by atoms with Crippen molar-refractivity contribution >= 4 is 22.8 Å². The summed E-state index contributed by atoms with van der Waals surface area (Å²) in [7, 11) is 3.82. The fraction of sp³-hybridized carbons (Fsp3) is 0.375.